The van der Waals surface area contributed by atoms with Crippen molar-refractivity contribution in [2.24, 2.45) is 5.92 Å². The van der Waals surface area contributed by atoms with Gasteiger partial charge in [0.25, 0.3) is 0 Å². The Morgan fingerprint density at radius 1 is 1.29 bits per heavy atom. The summed E-state index contributed by atoms with van der Waals surface area (Å²) in [6, 6.07) is 5.36. The first-order chi connectivity index (χ1) is 16.6. The number of benzene rings is 1. The van der Waals surface area contributed by atoms with Gasteiger partial charge in [0, 0.05) is 38.6 Å². The predicted octanol–water partition coefficient (Wildman–Crippen LogP) is 3.27. The first-order valence-corrected chi connectivity index (χ1v) is 11.8. The van der Waals surface area contributed by atoms with Crippen LogP contribution in [0.2, 0.25) is 0 Å². The van der Waals surface area contributed by atoms with E-state index >= 15 is 0 Å². The van der Waals surface area contributed by atoms with Crippen molar-refractivity contribution < 1.29 is 27.4 Å². The average molecular weight is 498 g/mol. The van der Waals surface area contributed by atoms with E-state index in [1.807, 2.05) is 18.9 Å². The fraction of sp³-hybridized carbons (Fsp3) is 0.625. The van der Waals surface area contributed by atoms with E-state index in [2.05, 4.69) is 22.6 Å². The highest BCUT2D eigenvalue weighted by Crippen LogP contribution is 2.29. The molecular weight excluding hydrogens is 463 g/mol. The zero-order valence-electron chi connectivity index (χ0n) is 20.4. The first kappa shape index (κ1) is 27.1. The molecule has 194 valence electrons. The Kier molecular flexibility index (Phi) is 9.64. The van der Waals surface area contributed by atoms with Gasteiger partial charge in [-0.1, -0.05) is 30.3 Å². The molecule has 0 saturated heterocycles. The highest BCUT2D eigenvalue weighted by molar-refractivity contribution is 5.69. The molecule has 0 saturated carbocycles. The molecule has 0 unspecified atom stereocenters. The third kappa shape index (κ3) is 8.90. The number of likely N-dealkylation sites (N-methyl/N-ethyl adjacent to an activating group) is 1. The van der Waals surface area contributed by atoms with Crippen LogP contribution in [0.4, 0.5) is 13.2 Å². The number of fused-ring (bicyclic) bond motifs is 2. The van der Waals surface area contributed by atoms with Crippen LogP contribution in [0.25, 0.3) is 0 Å². The Bertz CT molecular complexity index is 952. The third-order valence-electron chi connectivity index (χ3n) is 5.92. The molecule has 1 N–H and O–H groups in total. The number of alkyl halides is 3. The van der Waals surface area contributed by atoms with Crippen molar-refractivity contribution in [2.45, 2.75) is 64.7 Å². The van der Waals surface area contributed by atoms with Gasteiger partial charge in [-0.15, -0.1) is 5.10 Å². The number of rotatable bonds is 4. The maximum Gasteiger partial charge on any atom is 0.416 e. The number of ether oxygens (including phenoxy) is 2. The van der Waals surface area contributed by atoms with Gasteiger partial charge >= 0.3 is 12.1 Å². The molecule has 0 fully saturated rings. The van der Waals surface area contributed by atoms with Gasteiger partial charge in [-0.05, 0) is 37.9 Å². The largest absolute Gasteiger partial charge is 0.464 e. The van der Waals surface area contributed by atoms with Gasteiger partial charge in [-0.3, -0.25) is 14.4 Å². The molecule has 35 heavy (non-hydrogen) atoms. The lowest BCUT2D eigenvalue weighted by molar-refractivity contribution is -0.144. The Labute approximate surface area is 203 Å². The van der Waals surface area contributed by atoms with Crippen molar-refractivity contribution in [1.29, 1.82) is 0 Å². The van der Waals surface area contributed by atoms with E-state index in [1.54, 1.807) is 16.9 Å². The van der Waals surface area contributed by atoms with Gasteiger partial charge < -0.3 is 14.8 Å². The van der Waals surface area contributed by atoms with Crippen LogP contribution in [0, 0.1) is 5.92 Å². The minimum Gasteiger partial charge on any atom is -0.464 e. The Morgan fingerprint density at radius 3 is 2.86 bits per heavy atom. The summed E-state index contributed by atoms with van der Waals surface area (Å²) < 4.78 is 52.5. The maximum atomic E-state index is 13.1. The highest BCUT2D eigenvalue weighted by Gasteiger charge is 2.30. The molecule has 1 aliphatic rings. The monoisotopic (exact) mass is 497 g/mol. The minimum absolute atomic E-state index is 0.0227. The topological polar surface area (TPSA) is 81.5 Å². The smallest absolute Gasteiger partial charge is 0.416 e. The number of nitrogens with zero attached hydrogens (tertiary/aromatic N) is 4. The molecule has 3 rings (SSSR count). The highest BCUT2D eigenvalue weighted by atomic mass is 19.4. The number of aromatic nitrogens is 3. The number of hydrogen-bond acceptors (Lipinski definition) is 7. The summed E-state index contributed by atoms with van der Waals surface area (Å²) in [5, 5.41) is 11.6. The average Bonchev–Trinajstić information content (AvgIpc) is 3.25. The van der Waals surface area contributed by atoms with Crippen LogP contribution in [-0.4, -0.2) is 64.8 Å². The minimum atomic E-state index is -4.37. The van der Waals surface area contributed by atoms with Gasteiger partial charge in [0.05, 0.1) is 24.5 Å². The fourth-order valence-electron chi connectivity index (χ4n) is 3.89. The van der Waals surface area contributed by atoms with Crippen molar-refractivity contribution in [3.63, 3.8) is 0 Å². The lowest BCUT2D eigenvalue weighted by atomic mass is 10.0. The number of carbonyl (C=O) groups is 1. The van der Waals surface area contributed by atoms with E-state index in [1.165, 1.54) is 12.1 Å². The maximum absolute atomic E-state index is 13.1. The molecular formula is C24H34F3N5O3. The molecule has 2 bridgehead atoms. The van der Waals surface area contributed by atoms with Crippen molar-refractivity contribution in [1.82, 2.24) is 25.2 Å². The summed E-state index contributed by atoms with van der Waals surface area (Å²) in [5.41, 5.74) is 0.609. The van der Waals surface area contributed by atoms with Crippen molar-refractivity contribution in [3.05, 3.63) is 47.3 Å². The number of carbonyl (C=O) groups excluding carboxylic acids is 1. The molecule has 1 aliphatic heterocycles. The van der Waals surface area contributed by atoms with Gasteiger partial charge in [0.15, 0.2) is 0 Å². The number of aryl methyl sites for hydroxylation is 1. The van der Waals surface area contributed by atoms with Crippen LogP contribution in [0.15, 0.2) is 30.5 Å². The standard InChI is InChI=1S/C24H34F3N5O3/c1-17-11-28-18(2)15-35-23(33)8-5-9-32-13-21(29-30-32)16-34-22(17)14-31(3)12-19-6-4-7-20(10-19)24(25,26)27/h4,6-7,10,13,17-18,22,28H,5,8-9,11-12,14-16H2,1-3H3/t17-,18-,22-/m0/s1. The second kappa shape index (κ2) is 12.5. The first-order valence-electron chi connectivity index (χ1n) is 11.8. The molecule has 2 heterocycles. The van der Waals surface area contributed by atoms with Gasteiger partial charge in [0.1, 0.15) is 12.3 Å². The fourth-order valence-corrected chi connectivity index (χ4v) is 3.89. The zero-order valence-corrected chi connectivity index (χ0v) is 20.4. The third-order valence-corrected chi connectivity index (χ3v) is 5.92. The van der Waals surface area contributed by atoms with Crippen LogP contribution in [0.3, 0.4) is 0 Å². The lowest BCUT2D eigenvalue weighted by Crippen LogP contribution is -2.42. The molecule has 0 radical (unpaired) electrons. The van der Waals surface area contributed by atoms with E-state index in [0.717, 1.165) is 6.07 Å². The van der Waals surface area contributed by atoms with Gasteiger partial charge in [-0.2, -0.15) is 13.2 Å². The quantitative estimate of drug-likeness (QED) is 0.650. The number of cyclic esters (lactones) is 1. The number of nitrogens with one attached hydrogen (secondary N) is 1. The summed E-state index contributed by atoms with van der Waals surface area (Å²) in [6.07, 6.45) is -1.87. The summed E-state index contributed by atoms with van der Waals surface area (Å²) in [6.45, 7) is 6.58. The number of esters is 1. The van der Waals surface area contributed by atoms with Crippen LogP contribution >= 0.6 is 0 Å². The molecule has 0 spiro atoms. The summed E-state index contributed by atoms with van der Waals surface area (Å²) >= 11 is 0. The van der Waals surface area contributed by atoms with E-state index in [4.69, 9.17) is 9.47 Å². The summed E-state index contributed by atoms with van der Waals surface area (Å²) in [4.78, 5) is 13.9. The molecule has 1 aromatic heterocycles. The number of hydrogen-bond donors (Lipinski definition) is 1. The van der Waals surface area contributed by atoms with E-state index in [9.17, 15) is 18.0 Å². The second-order valence-corrected chi connectivity index (χ2v) is 9.29. The normalized spacial score (nSPS) is 23.3. The molecule has 0 aliphatic carbocycles. The van der Waals surface area contributed by atoms with Crippen molar-refractivity contribution in [3.8, 4) is 0 Å². The van der Waals surface area contributed by atoms with Gasteiger partial charge in [0.2, 0.25) is 0 Å². The van der Waals surface area contributed by atoms with E-state index < -0.39 is 11.7 Å². The van der Waals surface area contributed by atoms with Crippen LogP contribution < -0.4 is 5.32 Å². The zero-order chi connectivity index (χ0) is 25.4. The van der Waals surface area contributed by atoms with Crippen molar-refractivity contribution >= 4 is 5.97 Å². The SMILES string of the molecule is C[C@H]1COC(=O)CCCn2cc(nn2)CO[C@@H](CN(C)Cc2cccc(C(F)(F)F)c2)[C@@H](C)CN1. The number of halogens is 3. The predicted molar refractivity (Wildman–Crippen MR) is 123 cm³/mol. The van der Waals surface area contributed by atoms with Crippen molar-refractivity contribution in [2.75, 3.05) is 26.7 Å². The second-order valence-electron chi connectivity index (χ2n) is 9.29. The molecule has 3 atom stereocenters. The molecule has 8 nitrogen and oxygen atoms in total. The molecule has 0 amide bonds. The van der Waals surface area contributed by atoms with E-state index in [-0.39, 0.29) is 37.2 Å². The Morgan fingerprint density at radius 2 is 2.09 bits per heavy atom. The summed E-state index contributed by atoms with van der Waals surface area (Å²) in [5.74, 6) is -0.170. The molecule has 2 aromatic rings. The van der Waals surface area contributed by atoms with Gasteiger partial charge in [-0.25, -0.2) is 0 Å². The Hall–Kier alpha value is -2.50. The van der Waals surface area contributed by atoms with E-state index in [0.29, 0.717) is 50.3 Å². The molecule has 11 heteroatoms. The van der Waals surface area contributed by atoms with Crippen LogP contribution in [0.1, 0.15) is 43.5 Å². The lowest BCUT2D eigenvalue weighted by Gasteiger charge is -2.30. The summed E-state index contributed by atoms with van der Waals surface area (Å²) in [7, 11) is 1.86. The molecule has 1 aromatic carbocycles. The van der Waals surface area contributed by atoms with Crippen LogP contribution in [-0.2, 0) is 40.1 Å². The van der Waals surface area contributed by atoms with Crippen LogP contribution in [0.5, 0.6) is 0 Å². The Balaban J connectivity index is 1.67.